The molecule has 96 valence electrons. The van der Waals surface area contributed by atoms with Crippen molar-refractivity contribution in [1.82, 2.24) is 14.9 Å². The van der Waals surface area contributed by atoms with E-state index >= 15 is 0 Å². The maximum absolute atomic E-state index is 4.48. The Morgan fingerprint density at radius 1 is 1.59 bits per heavy atom. The normalized spacial score (nSPS) is 22.6. The number of aromatic nitrogens is 2. The topological polar surface area (TPSA) is 29.9 Å². The molecule has 2 heterocycles. The third-order valence-corrected chi connectivity index (χ3v) is 6.13. The summed E-state index contributed by atoms with van der Waals surface area (Å²) in [4.78, 5) is 4.48. The zero-order chi connectivity index (χ0) is 12.1. The fraction of sp³-hybridized carbons (Fsp3) is 0.750. The number of hydrogen-bond donors (Lipinski definition) is 1. The Morgan fingerprint density at radius 2 is 2.47 bits per heavy atom. The number of aryl methyl sites for hydroxylation is 1. The first-order valence-corrected chi connectivity index (χ1v) is 8.42. The Morgan fingerprint density at radius 3 is 3.12 bits per heavy atom. The number of nitrogens with one attached hydrogen (secondary N) is 1. The molecule has 1 aromatic heterocycles. The van der Waals surface area contributed by atoms with Gasteiger partial charge in [-0.2, -0.15) is 23.5 Å². The largest absolute Gasteiger partial charge is 0.335 e. The van der Waals surface area contributed by atoms with E-state index in [1.807, 2.05) is 6.20 Å². The van der Waals surface area contributed by atoms with Crippen molar-refractivity contribution in [3.63, 3.8) is 0 Å². The van der Waals surface area contributed by atoms with Gasteiger partial charge in [-0.1, -0.05) is 0 Å². The fourth-order valence-corrected chi connectivity index (χ4v) is 5.10. The summed E-state index contributed by atoms with van der Waals surface area (Å²) in [7, 11) is 2.07. The molecule has 0 spiro atoms. The third-order valence-electron chi connectivity index (χ3n) is 3.21. The average molecular weight is 271 g/mol. The molecule has 5 heteroatoms. The van der Waals surface area contributed by atoms with Gasteiger partial charge >= 0.3 is 0 Å². The zero-order valence-electron chi connectivity index (χ0n) is 10.6. The monoisotopic (exact) mass is 271 g/mol. The molecule has 0 aromatic carbocycles. The molecule has 1 saturated heterocycles. The van der Waals surface area contributed by atoms with Crippen LogP contribution in [0.4, 0.5) is 0 Å². The second-order valence-electron chi connectivity index (χ2n) is 4.21. The Labute approximate surface area is 112 Å². The molecule has 0 aliphatic carbocycles. The van der Waals surface area contributed by atoms with Crippen LogP contribution in [0.5, 0.6) is 0 Å². The number of nitrogens with zero attached hydrogens (tertiary/aromatic N) is 2. The van der Waals surface area contributed by atoms with Gasteiger partial charge in [0.25, 0.3) is 0 Å². The van der Waals surface area contributed by atoms with Gasteiger partial charge in [-0.25, -0.2) is 4.98 Å². The van der Waals surface area contributed by atoms with Crippen molar-refractivity contribution in [2.24, 2.45) is 0 Å². The first-order valence-electron chi connectivity index (χ1n) is 6.21. The van der Waals surface area contributed by atoms with Crippen LogP contribution in [0.2, 0.25) is 0 Å². The smallest absolute Gasteiger partial charge is 0.110 e. The van der Waals surface area contributed by atoms with Crippen LogP contribution in [-0.4, -0.2) is 45.1 Å². The lowest BCUT2D eigenvalue weighted by atomic mass is 10.1. The summed E-state index contributed by atoms with van der Waals surface area (Å²) in [5.74, 6) is 5.07. The van der Waals surface area contributed by atoms with Crippen molar-refractivity contribution in [2.45, 2.75) is 31.2 Å². The Hall–Kier alpha value is -0.130. The predicted molar refractivity (Wildman–Crippen MR) is 78.0 cm³/mol. The van der Waals surface area contributed by atoms with Crippen molar-refractivity contribution < 1.29 is 0 Å². The third kappa shape index (κ3) is 3.42. The second kappa shape index (κ2) is 6.71. The van der Waals surface area contributed by atoms with Crippen LogP contribution in [0.15, 0.2) is 12.4 Å². The Bertz CT molecular complexity index is 334. The summed E-state index contributed by atoms with van der Waals surface area (Å²) in [6.07, 6.45) is 5.02. The first-order chi connectivity index (χ1) is 8.35. The first kappa shape index (κ1) is 13.3. The van der Waals surface area contributed by atoms with Crippen LogP contribution in [0, 0.1) is 0 Å². The number of thioether (sulfide) groups is 2. The highest BCUT2D eigenvalue weighted by Gasteiger charge is 2.24. The summed E-state index contributed by atoms with van der Waals surface area (Å²) in [6.45, 7) is 3.18. The van der Waals surface area contributed by atoms with Gasteiger partial charge in [0, 0.05) is 53.9 Å². The lowest BCUT2D eigenvalue weighted by molar-refractivity contribution is 0.527. The summed E-state index contributed by atoms with van der Waals surface area (Å²) >= 11 is 4.19. The highest BCUT2D eigenvalue weighted by atomic mass is 32.2. The van der Waals surface area contributed by atoms with E-state index in [1.165, 1.54) is 23.1 Å². The zero-order valence-corrected chi connectivity index (χ0v) is 12.2. The van der Waals surface area contributed by atoms with Crippen LogP contribution in [0.1, 0.15) is 12.7 Å². The summed E-state index contributed by atoms with van der Waals surface area (Å²) in [5.41, 5.74) is 0. The van der Waals surface area contributed by atoms with Crippen LogP contribution in [-0.2, 0) is 13.0 Å². The minimum Gasteiger partial charge on any atom is -0.335 e. The van der Waals surface area contributed by atoms with E-state index in [9.17, 15) is 0 Å². The minimum absolute atomic E-state index is 0.542. The van der Waals surface area contributed by atoms with E-state index in [4.69, 9.17) is 0 Å². The van der Waals surface area contributed by atoms with Crippen LogP contribution in [0.25, 0.3) is 0 Å². The van der Waals surface area contributed by atoms with Crippen LogP contribution < -0.4 is 5.32 Å². The molecule has 3 nitrogen and oxygen atoms in total. The Balaban J connectivity index is 1.98. The fourth-order valence-electron chi connectivity index (χ4n) is 2.17. The predicted octanol–water partition coefficient (Wildman–Crippen LogP) is 1.88. The number of likely N-dealkylation sites (N-methyl/N-ethyl adjacent to an activating group) is 1. The van der Waals surface area contributed by atoms with Gasteiger partial charge in [0.05, 0.1) is 0 Å². The van der Waals surface area contributed by atoms with Gasteiger partial charge in [-0.3, -0.25) is 0 Å². The summed E-state index contributed by atoms with van der Waals surface area (Å²) in [6, 6.07) is 0.542. The highest BCUT2D eigenvalue weighted by molar-refractivity contribution is 8.06. The molecular weight excluding hydrogens is 250 g/mol. The van der Waals surface area contributed by atoms with Gasteiger partial charge in [-0.05, 0) is 14.0 Å². The molecule has 0 bridgehead atoms. The van der Waals surface area contributed by atoms with Crippen molar-refractivity contribution >= 4 is 23.5 Å². The molecule has 1 N–H and O–H groups in total. The molecule has 1 aliphatic heterocycles. The highest BCUT2D eigenvalue weighted by Crippen LogP contribution is 2.27. The van der Waals surface area contributed by atoms with Crippen LogP contribution >= 0.6 is 23.5 Å². The van der Waals surface area contributed by atoms with Gasteiger partial charge in [0.15, 0.2) is 0 Å². The molecule has 1 aliphatic rings. The van der Waals surface area contributed by atoms with E-state index < -0.39 is 0 Å². The Kier molecular flexibility index (Phi) is 5.25. The lowest BCUT2D eigenvalue weighted by Crippen LogP contribution is -2.41. The minimum atomic E-state index is 0.542. The van der Waals surface area contributed by atoms with Crippen molar-refractivity contribution in [3.05, 3.63) is 18.2 Å². The molecule has 2 unspecified atom stereocenters. The van der Waals surface area contributed by atoms with E-state index in [-0.39, 0.29) is 0 Å². The SMILES string of the molecule is CCn1ccnc1CC(NC)C1CSCCS1. The van der Waals surface area contributed by atoms with Gasteiger partial charge < -0.3 is 9.88 Å². The van der Waals surface area contributed by atoms with Gasteiger partial charge in [0.2, 0.25) is 0 Å². The molecule has 2 rings (SSSR count). The van der Waals surface area contributed by atoms with E-state index in [2.05, 4.69) is 58.6 Å². The van der Waals surface area contributed by atoms with Crippen molar-refractivity contribution in [3.8, 4) is 0 Å². The molecule has 2 atom stereocenters. The molecule has 0 saturated carbocycles. The van der Waals surface area contributed by atoms with Crippen molar-refractivity contribution in [1.29, 1.82) is 0 Å². The van der Waals surface area contributed by atoms with E-state index in [0.717, 1.165) is 18.2 Å². The van der Waals surface area contributed by atoms with Gasteiger partial charge in [-0.15, -0.1) is 0 Å². The maximum Gasteiger partial charge on any atom is 0.110 e. The molecule has 0 amide bonds. The molecule has 1 aromatic rings. The lowest BCUT2D eigenvalue weighted by Gasteiger charge is -2.29. The molecule has 1 fully saturated rings. The summed E-state index contributed by atoms with van der Waals surface area (Å²) < 4.78 is 2.24. The quantitative estimate of drug-likeness (QED) is 0.885. The van der Waals surface area contributed by atoms with E-state index in [0.29, 0.717) is 6.04 Å². The molecule has 0 radical (unpaired) electrons. The summed E-state index contributed by atoms with van der Waals surface area (Å²) in [5, 5.41) is 4.20. The van der Waals surface area contributed by atoms with Crippen molar-refractivity contribution in [2.75, 3.05) is 24.3 Å². The molecule has 17 heavy (non-hydrogen) atoms. The molecular formula is C12H21N3S2. The number of hydrogen-bond acceptors (Lipinski definition) is 4. The maximum atomic E-state index is 4.48. The standard InChI is InChI=1S/C12H21N3S2/c1-3-15-5-4-14-12(15)8-10(13-2)11-9-16-6-7-17-11/h4-5,10-11,13H,3,6-9H2,1-2H3. The number of imidazole rings is 1. The van der Waals surface area contributed by atoms with E-state index in [1.54, 1.807) is 0 Å². The average Bonchev–Trinajstić information content (AvgIpc) is 2.84. The van der Waals surface area contributed by atoms with Gasteiger partial charge in [0.1, 0.15) is 5.82 Å². The number of rotatable bonds is 5. The second-order valence-corrected chi connectivity index (χ2v) is 6.71. The van der Waals surface area contributed by atoms with Crippen LogP contribution in [0.3, 0.4) is 0 Å².